The van der Waals surface area contributed by atoms with E-state index in [1.165, 1.54) is 0 Å². The number of Topliss-reactive ketones (excluding diaryl/α,β-unsaturated/α-hetero) is 1. The number of benzene rings is 1. The molecule has 0 aromatic heterocycles. The van der Waals surface area contributed by atoms with Crippen molar-refractivity contribution < 1.29 is 14.3 Å². The molecule has 0 N–H and O–H groups in total. The lowest BCUT2D eigenvalue weighted by molar-refractivity contribution is -0.147. The quantitative estimate of drug-likeness (QED) is 0.477. The van der Waals surface area contributed by atoms with Gasteiger partial charge in [-0.25, -0.2) is 4.79 Å². The van der Waals surface area contributed by atoms with Gasteiger partial charge in [-0.15, -0.1) is 0 Å². The molecule has 21 heavy (non-hydrogen) atoms. The van der Waals surface area contributed by atoms with E-state index < -0.39 is 11.8 Å². The van der Waals surface area contributed by atoms with Crippen LogP contribution in [0.4, 0.5) is 0 Å². The van der Waals surface area contributed by atoms with Crippen molar-refractivity contribution >= 4 is 11.8 Å². The van der Waals surface area contributed by atoms with E-state index in [2.05, 4.69) is 20.8 Å². The highest BCUT2D eigenvalue weighted by Gasteiger charge is 2.37. The van der Waals surface area contributed by atoms with Gasteiger partial charge in [-0.05, 0) is 37.0 Å². The van der Waals surface area contributed by atoms with Crippen molar-refractivity contribution in [2.75, 3.05) is 0 Å². The van der Waals surface area contributed by atoms with Crippen LogP contribution in [0.3, 0.4) is 0 Å². The number of ketones is 1. The number of ether oxygens (including phenoxy) is 1. The molecule has 0 aliphatic heterocycles. The van der Waals surface area contributed by atoms with Crippen molar-refractivity contribution in [1.82, 2.24) is 0 Å². The van der Waals surface area contributed by atoms with Gasteiger partial charge in [0.25, 0.3) is 5.78 Å². The lowest BCUT2D eigenvalue weighted by Crippen LogP contribution is -2.36. The SMILES string of the molecule is CC(C)C1(C)CCCC(OC(=O)C(=O)c2ccccc2)C1. The predicted octanol–water partition coefficient (Wildman–Crippen LogP) is 4.02. The monoisotopic (exact) mass is 288 g/mol. The molecule has 0 radical (unpaired) electrons. The molecule has 3 nitrogen and oxygen atoms in total. The summed E-state index contributed by atoms with van der Waals surface area (Å²) in [5, 5.41) is 0. The van der Waals surface area contributed by atoms with Gasteiger partial charge in [-0.1, -0.05) is 51.1 Å². The maximum Gasteiger partial charge on any atom is 0.379 e. The lowest BCUT2D eigenvalue weighted by atomic mass is 9.67. The third-order valence-electron chi connectivity index (χ3n) is 4.86. The number of carbonyl (C=O) groups is 2. The Balaban J connectivity index is 1.98. The van der Waals surface area contributed by atoms with Gasteiger partial charge in [0, 0.05) is 5.56 Å². The van der Waals surface area contributed by atoms with E-state index in [-0.39, 0.29) is 11.5 Å². The molecule has 1 aliphatic rings. The Morgan fingerprint density at radius 2 is 1.90 bits per heavy atom. The molecule has 0 spiro atoms. The van der Waals surface area contributed by atoms with Gasteiger partial charge >= 0.3 is 5.97 Å². The largest absolute Gasteiger partial charge is 0.456 e. The van der Waals surface area contributed by atoms with E-state index in [0.29, 0.717) is 11.5 Å². The van der Waals surface area contributed by atoms with E-state index in [9.17, 15) is 9.59 Å². The van der Waals surface area contributed by atoms with Crippen LogP contribution >= 0.6 is 0 Å². The Morgan fingerprint density at radius 1 is 1.24 bits per heavy atom. The molecule has 3 heteroatoms. The zero-order valence-electron chi connectivity index (χ0n) is 13.1. The van der Waals surface area contributed by atoms with Crippen LogP contribution in [-0.4, -0.2) is 17.9 Å². The van der Waals surface area contributed by atoms with Crippen molar-refractivity contribution in [2.45, 2.75) is 52.6 Å². The fraction of sp³-hybridized carbons (Fsp3) is 0.556. The van der Waals surface area contributed by atoms with Crippen LogP contribution in [0.25, 0.3) is 0 Å². The summed E-state index contributed by atoms with van der Waals surface area (Å²) < 4.78 is 5.46. The van der Waals surface area contributed by atoms with Crippen LogP contribution in [-0.2, 0) is 9.53 Å². The molecule has 2 atom stereocenters. The Morgan fingerprint density at radius 3 is 2.52 bits per heavy atom. The third-order valence-corrected chi connectivity index (χ3v) is 4.86. The first-order valence-electron chi connectivity index (χ1n) is 7.73. The predicted molar refractivity (Wildman–Crippen MR) is 82.1 cm³/mol. The van der Waals surface area contributed by atoms with Crippen LogP contribution in [0.2, 0.25) is 0 Å². The molecule has 2 rings (SSSR count). The molecule has 1 aromatic rings. The average Bonchev–Trinajstić information content (AvgIpc) is 2.47. The second-order valence-electron chi connectivity index (χ2n) is 6.63. The topological polar surface area (TPSA) is 43.4 Å². The van der Waals surface area contributed by atoms with E-state index >= 15 is 0 Å². The van der Waals surface area contributed by atoms with Crippen LogP contribution in [0.5, 0.6) is 0 Å². The van der Waals surface area contributed by atoms with Crippen LogP contribution in [0.15, 0.2) is 30.3 Å². The molecule has 0 amide bonds. The molecule has 0 heterocycles. The van der Waals surface area contributed by atoms with Gasteiger partial charge in [0.2, 0.25) is 0 Å². The molecule has 1 aromatic carbocycles. The van der Waals surface area contributed by atoms with Gasteiger partial charge in [0.15, 0.2) is 0 Å². The molecule has 114 valence electrons. The maximum atomic E-state index is 12.0. The summed E-state index contributed by atoms with van der Waals surface area (Å²) in [4.78, 5) is 24.1. The number of carbonyl (C=O) groups excluding carboxylic acids is 2. The fourth-order valence-electron chi connectivity index (χ4n) is 3.00. The highest BCUT2D eigenvalue weighted by atomic mass is 16.5. The first kappa shape index (κ1) is 15.7. The number of rotatable bonds is 4. The van der Waals surface area contributed by atoms with Gasteiger partial charge in [0.05, 0.1) is 0 Å². The van der Waals surface area contributed by atoms with Crippen molar-refractivity contribution in [2.24, 2.45) is 11.3 Å². The maximum absolute atomic E-state index is 12.0. The average molecular weight is 288 g/mol. The summed E-state index contributed by atoms with van der Waals surface area (Å²) in [5.74, 6) is -0.726. The van der Waals surface area contributed by atoms with Crippen molar-refractivity contribution in [3.63, 3.8) is 0 Å². The van der Waals surface area contributed by atoms with E-state index in [0.717, 1.165) is 25.7 Å². The van der Waals surface area contributed by atoms with E-state index in [1.807, 2.05) is 6.07 Å². The van der Waals surface area contributed by atoms with Gasteiger partial charge < -0.3 is 4.74 Å². The van der Waals surface area contributed by atoms with E-state index in [4.69, 9.17) is 4.74 Å². The molecule has 2 unspecified atom stereocenters. The molecular weight excluding hydrogens is 264 g/mol. The lowest BCUT2D eigenvalue weighted by Gasteiger charge is -2.40. The fourth-order valence-corrected chi connectivity index (χ4v) is 3.00. The summed E-state index contributed by atoms with van der Waals surface area (Å²) in [6.07, 6.45) is 3.78. The Hall–Kier alpha value is -1.64. The molecule has 0 saturated heterocycles. The van der Waals surface area contributed by atoms with Crippen molar-refractivity contribution in [3.8, 4) is 0 Å². The number of esters is 1. The standard InChI is InChI=1S/C18H24O3/c1-13(2)18(3)11-7-10-15(12-18)21-17(20)16(19)14-8-5-4-6-9-14/h4-6,8-9,13,15H,7,10-12H2,1-3H3. The molecule has 0 bridgehead atoms. The summed E-state index contributed by atoms with van der Waals surface area (Å²) in [6, 6.07) is 8.59. The first-order valence-corrected chi connectivity index (χ1v) is 7.73. The molecule has 1 aliphatic carbocycles. The molecular formula is C18H24O3. The Labute approximate surface area is 126 Å². The summed E-state index contributed by atoms with van der Waals surface area (Å²) >= 11 is 0. The van der Waals surface area contributed by atoms with Gasteiger partial charge in [-0.2, -0.15) is 0 Å². The van der Waals surface area contributed by atoms with E-state index in [1.54, 1.807) is 24.3 Å². The van der Waals surface area contributed by atoms with Crippen molar-refractivity contribution in [1.29, 1.82) is 0 Å². The number of hydrogen-bond acceptors (Lipinski definition) is 3. The minimum atomic E-state index is -0.723. The van der Waals surface area contributed by atoms with Crippen LogP contribution in [0, 0.1) is 11.3 Å². The molecule has 1 fully saturated rings. The second-order valence-corrected chi connectivity index (χ2v) is 6.63. The smallest absolute Gasteiger partial charge is 0.379 e. The summed E-state index contributed by atoms with van der Waals surface area (Å²) in [6.45, 7) is 6.66. The van der Waals surface area contributed by atoms with Crippen LogP contribution in [0.1, 0.15) is 56.8 Å². The number of hydrogen-bond donors (Lipinski definition) is 0. The summed E-state index contributed by atoms with van der Waals surface area (Å²) in [7, 11) is 0. The minimum absolute atomic E-state index is 0.133. The van der Waals surface area contributed by atoms with Crippen LogP contribution < -0.4 is 0 Å². The zero-order chi connectivity index (χ0) is 15.5. The first-order chi connectivity index (χ1) is 9.92. The highest BCUT2D eigenvalue weighted by Crippen LogP contribution is 2.42. The third kappa shape index (κ3) is 3.72. The summed E-state index contributed by atoms with van der Waals surface area (Å²) in [5.41, 5.74) is 0.587. The highest BCUT2D eigenvalue weighted by molar-refractivity contribution is 6.40. The normalized spacial score (nSPS) is 25.6. The molecule has 1 saturated carbocycles. The van der Waals surface area contributed by atoms with Crippen molar-refractivity contribution in [3.05, 3.63) is 35.9 Å². The second kappa shape index (κ2) is 6.42. The Bertz CT molecular complexity index is 506. The Kier molecular flexibility index (Phi) is 4.81. The van der Waals surface area contributed by atoms with Gasteiger partial charge in [0.1, 0.15) is 6.10 Å². The zero-order valence-corrected chi connectivity index (χ0v) is 13.1. The minimum Gasteiger partial charge on any atom is -0.456 e. The van der Waals surface area contributed by atoms with Gasteiger partial charge in [-0.3, -0.25) is 4.79 Å².